The van der Waals surface area contributed by atoms with Crippen LogP contribution in [0.25, 0.3) is 0 Å². The second-order valence-electron chi connectivity index (χ2n) is 8.57. The highest BCUT2D eigenvalue weighted by molar-refractivity contribution is 7.61. The molecule has 1 aliphatic heterocycles. The zero-order valence-corrected chi connectivity index (χ0v) is 17.6. The van der Waals surface area contributed by atoms with E-state index in [-0.39, 0.29) is 17.7 Å². The Bertz CT molecular complexity index is 620. The molecule has 0 aromatic heterocycles. The first kappa shape index (κ1) is 20.0. The van der Waals surface area contributed by atoms with Gasteiger partial charge < -0.3 is 4.89 Å². The van der Waals surface area contributed by atoms with Crippen LogP contribution in [0.2, 0.25) is 0 Å². The normalized spacial score (nSPS) is 35.5. The van der Waals surface area contributed by atoms with Gasteiger partial charge in [0, 0.05) is 5.92 Å². The molecule has 5 atom stereocenters. The van der Waals surface area contributed by atoms with E-state index in [2.05, 4.69) is 56.3 Å². The van der Waals surface area contributed by atoms with Crippen molar-refractivity contribution in [3.8, 4) is 0 Å². The van der Waals surface area contributed by atoms with Crippen molar-refractivity contribution >= 4 is 7.87 Å². The summed E-state index contributed by atoms with van der Waals surface area (Å²) in [5, 5.41) is 0. The molecular formula is C22H34NO2P. The van der Waals surface area contributed by atoms with Crippen LogP contribution in [-0.2, 0) is 4.52 Å². The first-order valence-electron chi connectivity index (χ1n) is 10.1. The number of benzene rings is 1. The monoisotopic (exact) mass is 375 g/mol. The smallest absolute Gasteiger partial charge is 0.174 e. The van der Waals surface area contributed by atoms with Crippen LogP contribution in [0.5, 0.6) is 0 Å². The molecule has 1 saturated carbocycles. The summed E-state index contributed by atoms with van der Waals surface area (Å²) in [4.78, 5) is 14.1. The summed E-state index contributed by atoms with van der Waals surface area (Å²) >= 11 is 0. The molecule has 0 radical (unpaired) electrons. The van der Waals surface area contributed by atoms with Gasteiger partial charge in [-0.05, 0) is 51.5 Å². The van der Waals surface area contributed by atoms with Gasteiger partial charge in [-0.3, -0.25) is 0 Å². The molecule has 4 heteroatoms. The minimum atomic E-state index is -2.91. The first-order valence-corrected chi connectivity index (χ1v) is 11.8. The van der Waals surface area contributed by atoms with Crippen molar-refractivity contribution in [1.29, 1.82) is 0 Å². The highest BCUT2D eigenvalue weighted by atomic mass is 31.2. The molecule has 2 fully saturated rings. The Hall–Kier alpha value is -0.730. The molecule has 3 nitrogen and oxygen atoms in total. The van der Waals surface area contributed by atoms with Gasteiger partial charge in [0.1, 0.15) is 6.10 Å². The standard InChI is InChI=1S/C22H34NO2P/c1-6-11-20(18-12-9-8-10-13-18)23-22(4,5)19-15-14-17(3)16-21(19)25-26(23,24)7-2/h6,8-10,12-13,17,19-21H,1,7,11,14-16H2,2-5H3/t17-,19-,20+,21-,26?/m1/s1. The molecule has 0 amide bonds. The van der Waals surface area contributed by atoms with Crippen LogP contribution >= 0.6 is 7.87 Å². The van der Waals surface area contributed by atoms with E-state index in [0.717, 1.165) is 19.3 Å². The Morgan fingerprint density at radius 3 is 2.65 bits per heavy atom. The molecule has 0 bridgehead atoms. The van der Waals surface area contributed by atoms with Crippen molar-refractivity contribution in [2.75, 3.05) is 6.16 Å². The van der Waals surface area contributed by atoms with Crippen LogP contribution in [0.3, 0.4) is 0 Å². The second-order valence-corrected chi connectivity index (χ2v) is 11.1. The van der Waals surface area contributed by atoms with Gasteiger partial charge in [-0.2, -0.15) is 0 Å². The van der Waals surface area contributed by atoms with Crippen molar-refractivity contribution in [2.45, 2.75) is 71.1 Å². The summed E-state index contributed by atoms with van der Waals surface area (Å²) in [6, 6.07) is 10.5. The van der Waals surface area contributed by atoms with Gasteiger partial charge in [-0.1, -0.05) is 49.8 Å². The third kappa shape index (κ3) is 3.52. The Labute approximate surface area is 160 Å². The molecule has 1 heterocycles. The Balaban J connectivity index is 2.05. The van der Waals surface area contributed by atoms with E-state index in [1.807, 2.05) is 19.1 Å². The average Bonchev–Trinajstić information content (AvgIpc) is 2.61. The largest absolute Gasteiger partial charge is 0.641 e. The minimum absolute atomic E-state index is 0.0368. The summed E-state index contributed by atoms with van der Waals surface area (Å²) in [6.45, 7) is 12.8. The minimum Gasteiger partial charge on any atom is -0.641 e. The number of hydrogen-bond donors (Lipinski definition) is 0. The lowest BCUT2D eigenvalue weighted by molar-refractivity contribution is -0.239. The second kappa shape index (κ2) is 7.72. The summed E-state index contributed by atoms with van der Waals surface area (Å²) in [6.07, 6.45) is 6.80. The van der Waals surface area contributed by atoms with Crippen LogP contribution in [0.4, 0.5) is 0 Å². The molecule has 26 heavy (non-hydrogen) atoms. The predicted molar refractivity (Wildman–Crippen MR) is 109 cm³/mol. The van der Waals surface area contributed by atoms with Gasteiger partial charge in [0.05, 0.1) is 17.7 Å². The van der Waals surface area contributed by atoms with Gasteiger partial charge in [-0.15, -0.1) is 11.2 Å². The van der Waals surface area contributed by atoms with E-state index in [0.29, 0.717) is 18.0 Å². The molecule has 144 valence electrons. The number of hydrogen-bond acceptors (Lipinski definition) is 3. The van der Waals surface area contributed by atoms with Gasteiger partial charge in [0.25, 0.3) is 0 Å². The van der Waals surface area contributed by atoms with E-state index in [9.17, 15) is 4.89 Å². The van der Waals surface area contributed by atoms with E-state index < -0.39 is 7.87 Å². The zero-order valence-electron chi connectivity index (χ0n) is 16.7. The van der Waals surface area contributed by atoms with Crippen LogP contribution < -0.4 is 4.89 Å². The molecular weight excluding hydrogens is 341 g/mol. The highest BCUT2D eigenvalue weighted by Crippen LogP contribution is 2.69. The summed E-state index contributed by atoms with van der Waals surface area (Å²) in [5.41, 5.74) is 1.03. The van der Waals surface area contributed by atoms with Crippen molar-refractivity contribution in [3.05, 3.63) is 48.6 Å². The van der Waals surface area contributed by atoms with Crippen LogP contribution in [-0.4, -0.2) is 22.5 Å². The summed E-state index contributed by atoms with van der Waals surface area (Å²) in [5.74, 6) is 1.07. The van der Waals surface area contributed by atoms with Gasteiger partial charge in [0.2, 0.25) is 0 Å². The fraction of sp³-hybridized carbons (Fsp3) is 0.636. The molecule has 1 unspecified atom stereocenters. The Kier molecular flexibility index (Phi) is 5.94. The summed E-state index contributed by atoms with van der Waals surface area (Å²) in [7, 11) is -2.91. The maximum atomic E-state index is 14.1. The maximum Gasteiger partial charge on any atom is 0.174 e. The number of fused-ring (bicyclic) bond motifs is 1. The molecule has 0 N–H and O–H groups in total. The van der Waals surface area contributed by atoms with Crippen molar-refractivity contribution < 1.29 is 9.42 Å². The molecule has 3 rings (SSSR count). The topological polar surface area (TPSA) is 35.5 Å². The summed E-state index contributed by atoms with van der Waals surface area (Å²) < 4.78 is 8.69. The third-order valence-corrected chi connectivity index (χ3v) is 9.30. The molecule has 1 aromatic carbocycles. The highest BCUT2D eigenvalue weighted by Gasteiger charge is 2.60. The van der Waals surface area contributed by atoms with E-state index in [1.54, 1.807) is 0 Å². The lowest BCUT2D eigenvalue weighted by Crippen LogP contribution is -2.62. The fourth-order valence-corrected chi connectivity index (χ4v) is 7.93. The number of rotatable bonds is 5. The quantitative estimate of drug-likeness (QED) is 0.513. The average molecular weight is 375 g/mol. The van der Waals surface area contributed by atoms with E-state index in [1.165, 1.54) is 12.0 Å². The van der Waals surface area contributed by atoms with Gasteiger partial charge >= 0.3 is 0 Å². The van der Waals surface area contributed by atoms with Crippen molar-refractivity contribution in [1.82, 2.24) is 4.67 Å². The fourth-order valence-electron chi connectivity index (χ4n) is 5.13. The van der Waals surface area contributed by atoms with E-state index >= 15 is 0 Å². The lowest BCUT2D eigenvalue weighted by Gasteiger charge is -2.60. The predicted octanol–water partition coefficient (Wildman–Crippen LogP) is 5.36. The first-order chi connectivity index (χ1) is 12.3. The Morgan fingerprint density at radius 1 is 1.35 bits per heavy atom. The van der Waals surface area contributed by atoms with Crippen molar-refractivity contribution in [3.63, 3.8) is 0 Å². The van der Waals surface area contributed by atoms with Crippen LogP contribution in [0, 0.1) is 11.8 Å². The molecule has 2 aliphatic rings. The van der Waals surface area contributed by atoms with Gasteiger partial charge in [-0.25, -0.2) is 4.52 Å². The SMILES string of the molecule is C=CC[C@@H](c1ccccc1)N1C(C)(C)[C@@H]2CC[C@@H](C)C[C@H]2O[P+]1([O-])CC. The molecule has 1 saturated heterocycles. The molecule has 0 spiro atoms. The third-order valence-electron chi connectivity index (χ3n) is 6.45. The molecule has 1 aromatic rings. The number of nitrogens with zero attached hydrogens (tertiary/aromatic N) is 1. The maximum absolute atomic E-state index is 14.1. The lowest BCUT2D eigenvalue weighted by atomic mass is 9.71. The van der Waals surface area contributed by atoms with Gasteiger partial charge in [0.15, 0.2) is 7.87 Å². The van der Waals surface area contributed by atoms with Crippen molar-refractivity contribution in [2.24, 2.45) is 11.8 Å². The van der Waals surface area contributed by atoms with E-state index in [4.69, 9.17) is 4.52 Å². The Morgan fingerprint density at radius 2 is 2.04 bits per heavy atom. The van der Waals surface area contributed by atoms with Crippen LogP contribution in [0.1, 0.15) is 65.0 Å². The zero-order chi connectivity index (χ0) is 18.9. The molecule has 1 aliphatic carbocycles. The van der Waals surface area contributed by atoms with Crippen LogP contribution in [0.15, 0.2) is 43.0 Å².